The van der Waals surface area contributed by atoms with E-state index in [2.05, 4.69) is 15.2 Å². The molecule has 1 saturated heterocycles. The highest BCUT2D eigenvalue weighted by Crippen LogP contribution is 2.50. The second-order valence-corrected chi connectivity index (χ2v) is 11.2. The van der Waals surface area contributed by atoms with Gasteiger partial charge in [-0.25, -0.2) is 26.9 Å². The van der Waals surface area contributed by atoms with Crippen LogP contribution in [-0.2, 0) is 13.1 Å². The molecule has 0 spiro atoms. The monoisotopic (exact) mass is 552 g/mol. The summed E-state index contributed by atoms with van der Waals surface area (Å²) in [6, 6.07) is 8.03. The van der Waals surface area contributed by atoms with Crippen molar-refractivity contribution in [2.24, 2.45) is 0 Å². The Morgan fingerprint density at radius 3 is 2.45 bits per heavy atom. The van der Waals surface area contributed by atoms with Crippen LogP contribution in [0.1, 0.15) is 67.9 Å². The van der Waals surface area contributed by atoms with Crippen LogP contribution in [0.15, 0.2) is 30.3 Å². The molecule has 1 saturated carbocycles. The Morgan fingerprint density at radius 2 is 1.76 bits per heavy atom. The summed E-state index contributed by atoms with van der Waals surface area (Å²) in [4.78, 5) is 7.77. The lowest BCUT2D eigenvalue weighted by Crippen LogP contribution is -2.59. The molecule has 38 heavy (non-hydrogen) atoms. The Morgan fingerprint density at radius 1 is 1.03 bits per heavy atom. The third kappa shape index (κ3) is 4.43. The van der Waals surface area contributed by atoms with Crippen molar-refractivity contribution in [3.8, 4) is 5.69 Å². The highest BCUT2D eigenvalue weighted by Gasteiger charge is 2.57. The van der Waals surface area contributed by atoms with Crippen LogP contribution in [0, 0.1) is 5.82 Å². The molecule has 0 radical (unpaired) electrons. The van der Waals surface area contributed by atoms with Gasteiger partial charge in [-0.3, -0.25) is 9.47 Å². The van der Waals surface area contributed by atoms with Crippen molar-refractivity contribution < 1.29 is 22.0 Å². The molecule has 202 valence electrons. The van der Waals surface area contributed by atoms with Crippen LogP contribution in [0.25, 0.3) is 5.69 Å². The zero-order chi connectivity index (χ0) is 26.8. The van der Waals surface area contributed by atoms with E-state index in [0.717, 1.165) is 23.1 Å². The minimum absolute atomic E-state index is 0.0289. The van der Waals surface area contributed by atoms with Crippen molar-refractivity contribution in [2.75, 3.05) is 18.0 Å². The van der Waals surface area contributed by atoms with Crippen molar-refractivity contribution in [1.29, 1.82) is 0 Å². The number of nitrogens with zero attached hydrogens (tertiary/aromatic N) is 6. The lowest BCUT2D eigenvalue weighted by molar-refractivity contribution is -0.173. The fourth-order valence-corrected chi connectivity index (χ4v) is 6.30. The molecular formula is C26H26ClF5N6. The van der Waals surface area contributed by atoms with E-state index in [9.17, 15) is 22.0 Å². The topological polar surface area (TPSA) is 50.1 Å². The molecule has 0 amide bonds. The Labute approximate surface area is 221 Å². The molecule has 4 heterocycles. The number of fused-ring (bicyclic) bond motifs is 3. The van der Waals surface area contributed by atoms with E-state index in [1.165, 1.54) is 6.07 Å². The van der Waals surface area contributed by atoms with Gasteiger partial charge in [-0.1, -0.05) is 11.6 Å². The number of hydrogen-bond acceptors (Lipinski definition) is 5. The summed E-state index contributed by atoms with van der Waals surface area (Å²) in [6.07, 6.45) is -2.07. The van der Waals surface area contributed by atoms with E-state index in [-0.39, 0.29) is 18.8 Å². The Kier molecular flexibility index (Phi) is 6.14. The first-order chi connectivity index (χ1) is 18.0. The predicted molar refractivity (Wildman–Crippen MR) is 132 cm³/mol. The number of aromatic nitrogens is 4. The summed E-state index contributed by atoms with van der Waals surface area (Å²) in [5.74, 6) is -1.88. The molecule has 0 bridgehead atoms. The summed E-state index contributed by atoms with van der Waals surface area (Å²) in [7, 11) is 0. The molecule has 3 aliphatic rings. The lowest BCUT2D eigenvalue weighted by Gasteiger charge is -2.51. The van der Waals surface area contributed by atoms with Crippen molar-refractivity contribution in [3.63, 3.8) is 0 Å². The van der Waals surface area contributed by atoms with Crippen LogP contribution in [0.2, 0.25) is 5.02 Å². The van der Waals surface area contributed by atoms with Crippen LogP contribution in [-0.4, -0.2) is 49.2 Å². The number of rotatable bonds is 4. The minimum Gasteiger partial charge on any atom is -0.357 e. The second-order valence-electron chi connectivity index (χ2n) is 10.7. The second kappa shape index (κ2) is 9.15. The number of anilines is 1. The maximum Gasteiger partial charge on any atom is 0.283 e. The van der Waals surface area contributed by atoms with Crippen LogP contribution in [0.3, 0.4) is 0 Å². The first kappa shape index (κ1) is 25.5. The minimum atomic E-state index is -2.99. The van der Waals surface area contributed by atoms with Crippen molar-refractivity contribution in [3.05, 3.63) is 64.1 Å². The average Bonchev–Trinajstić information content (AvgIpc) is 3.18. The molecule has 2 aromatic heterocycles. The third-order valence-electron chi connectivity index (χ3n) is 8.02. The summed E-state index contributed by atoms with van der Waals surface area (Å²) in [5, 5.41) is 9.60. The smallest absolute Gasteiger partial charge is 0.283 e. The number of pyridine rings is 1. The van der Waals surface area contributed by atoms with Gasteiger partial charge in [0.1, 0.15) is 17.3 Å². The zero-order valence-electron chi connectivity index (χ0n) is 20.6. The van der Waals surface area contributed by atoms with E-state index in [0.29, 0.717) is 55.7 Å². The van der Waals surface area contributed by atoms with Crippen LogP contribution >= 0.6 is 11.6 Å². The molecule has 1 aliphatic carbocycles. The Bertz CT molecular complexity index is 1360. The van der Waals surface area contributed by atoms with E-state index >= 15 is 0 Å². The SMILES string of the molecule is CC1(N2Cc3cc(Cl)ccc3-n3c(nnc3C3CCN(c4ccc(F)c(C(F)F)n4)CC3)C2)CC(F)(F)C1. The van der Waals surface area contributed by atoms with Gasteiger partial charge in [0, 0.05) is 49.0 Å². The maximum absolute atomic E-state index is 13.9. The molecule has 12 heteroatoms. The lowest BCUT2D eigenvalue weighted by atomic mass is 9.73. The van der Waals surface area contributed by atoms with Gasteiger partial charge >= 0.3 is 0 Å². The van der Waals surface area contributed by atoms with Gasteiger partial charge in [-0.15, -0.1) is 10.2 Å². The molecule has 1 aromatic carbocycles. The van der Waals surface area contributed by atoms with E-state index in [4.69, 9.17) is 11.6 Å². The van der Waals surface area contributed by atoms with Gasteiger partial charge < -0.3 is 4.90 Å². The molecule has 0 unspecified atom stereocenters. The van der Waals surface area contributed by atoms with Crippen molar-refractivity contribution in [2.45, 2.75) is 69.5 Å². The van der Waals surface area contributed by atoms with Gasteiger partial charge in [-0.2, -0.15) is 0 Å². The van der Waals surface area contributed by atoms with E-state index in [1.807, 2.05) is 33.4 Å². The number of piperidine rings is 1. The average molecular weight is 553 g/mol. The Balaban J connectivity index is 1.28. The third-order valence-corrected chi connectivity index (χ3v) is 8.26. The van der Waals surface area contributed by atoms with Gasteiger partial charge in [0.25, 0.3) is 12.3 Å². The van der Waals surface area contributed by atoms with E-state index in [1.54, 1.807) is 6.07 Å². The molecule has 6 nitrogen and oxygen atoms in total. The zero-order valence-corrected chi connectivity index (χ0v) is 21.4. The molecular weight excluding hydrogens is 527 g/mol. The van der Waals surface area contributed by atoms with Gasteiger partial charge in [0.15, 0.2) is 11.6 Å². The van der Waals surface area contributed by atoms with Crippen molar-refractivity contribution in [1.82, 2.24) is 24.6 Å². The van der Waals surface area contributed by atoms with Gasteiger partial charge in [0.05, 0.1) is 12.2 Å². The number of benzene rings is 1. The maximum atomic E-state index is 13.9. The highest BCUT2D eigenvalue weighted by molar-refractivity contribution is 6.30. The molecule has 3 aromatic rings. The summed E-state index contributed by atoms with van der Waals surface area (Å²) in [6.45, 7) is 3.76. The largest absolute Gasteiger partial charge is 0.357 e. The van der Waals surface area contributed by atoms with Crippen LogP contribution in [0.5, 0.6) is 0 Å². The van der Waals surface area contributed by atoms with Gasteiger partial charge in [0.2, 0.25) is 0 Å². The van der Waals surface area contributed by atoms with Crippen molar-refractivity contribution >= 4 is 17.4 Å². The summed E-state index contributed by atoms with van der Waals surface area (Å²) < 4.78 is 69.8. The van der Waals surface area contributed by atoms with Crippen LogP contribution in [0.4, 0.5) is 27.8 Å². The first-order valence-electron chi connectivity index (χ1n) is 12.6. The quantitative estimate of drug-likeness (QED) is 0.357. The number of hydrogen-bond donors (Lipinski definition) is 0. The van der Waals surface area contributed by atoms with Gasteiger partial charge in [-0.05, 0) is 55.7 Å². The Hall–Kier alpha value is -2.79. The standard InChI is InChI=1S/C26H26ClF5N6/c1-25(13-26(31,32)14-25)37-11-16-10-17(27)2-4-19(16)38-21(12-37)34-35-24(38)15-6-8-36(9-7-15)20-5-3-18(28)22(33-20)23(29)30/h2-5,10,15,23H,6-9,11-14H2,1H3. The normalized spacial score (nSPS) is 21.1. The molecule has 6 rings (SSSR count). The fourth-order valence-electron chi connectivity index (χ4n) is 6.10. The number of alkyl halides is 4. The predicted octanol–water partition coefficient (Wildman–Crippen LogP) is 6.28. The first-order valence-corrected chi connectivity index (χ1v) is 13.0. The molecule has 2 fully saturated rings. The fraction of sp³-hybridized carbons (Fsp3) is 0.500. The summed E-state index contributed by atoms with van der Waals surface area (Å²) in [5.41, 5.74) is 0.298. The highest BCUT2D eigenvalue weighted by atomic mass is 35.5. The van der Waals surface area contributed by atoms with E-state index < -0.39 is 29.4 Å². The van der Waals surface area contributed by atoms with Crippen LogP contribution < -0.4 is 4.90 Å². The molecule has 0 N–H and O–H groups in total. The summed E-state index contributed by atoms with van der Waals surface area (Å²) >= 11 is 6.33. The number of halogens is 6. The molecule has 2 aliphatic heterocycles. The molecule has 0 atom stereocenters.